The topological polar surface area (TPSA) is 51.0 Å². The molecule has 0 unspecified atom stereocenters. The average molecular weight is 255 g/mol. The predicted molar refractivity (Wildman–Crippen MR) is 70.7 cm³/mol. The van der Waals surface area contributed by atoms with Gasteiger partial charge in [-0.05, 0) is 37.8 Å². The Balaban J connectivity index is 1.66. The zero-order chi connectivity index (χ0) is 12.7. The van der Waals surface area contributed by atoms with E-state index in [-0.39, 0.29) is 11.5 Å². The van der Waals surface area contributed by atoms with Crippen LogP contribution in [-0.2, 0) is 5.41 Å². The summed E-state index contributed by atoms with van der Waals surface area (Å²) in [4.78, 5) is 4.66. The fraction of sp³-hybridized carbons (Fsp3) is 0.467. The number of nitrogens with one attached hydrogen (secondary N) is 1. The molecule has 1 aromatic carbocycles. The van der Waals surface area contributed by atoms with Crippen LogP contribution in [0.4, 0.5) is 0 Å². The van der Waals surface area contributed by atoms with Gasteiger partial charge < -0.3 is 9.84 Å². The summed E-state index contributed by atoms with van der Waals surface area (Å²) in [6.07, 6.45) is 4.52. The van der Waals surface area contributed by atoms with Crippen LogP contribution in [-0.4, -0.2) is 16.7 Å². The summed E-state index contributed by atoms with van der Waals surface area (Å²) in [6.45, 7) is 1.05. The van der Waals surface area contributed by atoms with E-state index in [0.29, 0.717) is 0 Å². The Morgan fingerprint density at radius 3 is 2.74 bits per heavy atom. The maximum atomic E-state index is 5.47. The molecule has 2 fully saturated rings. The molecule has 4 rings (SSSR count). The predicted octanol–water partition coefficient (Wildman–Crippen LogP) is 2.57. The highest BCUT2D eigenvalue weighted by molar-refractivity contribution is 5.38. The molecule has 1 atom stereocenters. The second kappa shape index (κ2) is 4.17. The van der Waals surface area contributed by atoms with Crippen LogP contribution in [0.25, 0.3) is 0 Å². The summed E-state index contributed by atoms with van der Waals surface area (Å²) >= 11 is 0. The molecular weight excluding hydrogens is 238 g/mol. The summed E-state index contributed by atoms with van der Waals surface area (Å²) in [7, 11) is 0. The van der Waals surface area contributed by atoms with Crippen molar-refractivity contribution < 1.29 is 4.52 Å². The van der Waals surface area contributed by atoms with Gasteiger partial charge >= 0.3 is 0 Å². The van der Waals surface area contributed by atoms with Crippen LogP contribution in [0.2, 0.25) is 0 Å². The van der Waals surface area contributed by atoms with Crippen LogP contribution >= 0.6 is 0 Å². The van der Waals surface area contributed by atoms with E-state index >= 15 is 0 Å². The number of hydrogen-bond donors (Lipinski definition) is 1. The van der Waals surface area contributed by atoms with Gasteiger partial charge in [-0.15, -0.1) is 0 Å². The lowest BCUT2D eigenvalue weighted by molar-refractivity contribution is 0.339. The van der Waals surface area contributed by atoms with Crippen molar-refractivity contribution >= 4 is 0 Å². The molecule has 98 valence electrons. The lowest BCUT2D eigenvalue weighted by atomic mass is 9.95. The van der Waals surface area contributed by atoms with E-state index in [1.807, 2.05) is 6.07 Å². The van der Waals surface area contributed by atoms with E-state index in [1.54, 1.807) is 0 Å². The van der Waals surface area contributed by atoms with Crippen molar-refractivity contribution in [1.82, 2.24) is 15.5 Å². The molecule has 0 amide bonds. The van der Waals surface area contributed by atoms with Crippen LogP contribution < -0.4 is 5.32 Å². The van der Waals surface area contributed by atoms with Crippen molar-refractivity contribution in [2.75, 3.05) is 6.54 Å². The van der Waals surface area contributed by atoms with Gasteiger partial charge in [-0.25, -0.2) is 0 Å². The maximum absolute atomic E-state index is 5.47. The first-order chi connectivity index (χ1) is 9.38. The molecule has 1 saturated carbocycles. The van der Waals surface area contributed by atoms with E-state index in [0.717, 1.165) is 37.5 Å². The number of aromatic nitrogens is 2. The minimum Gasteiger partial charge on any atom is -0.338 e. The van der Waals surface area contributed by atoms with Crippen LogP contribution in [0, 0.1) is 0 Å². The lowest BCUT2D eigenvalue weighted by Crippen LogP contribution is -2.14. The van der Waals surface area contributed by atoms with E-state index in [1.165, 1.54) is 12.0 Å². The Hall–Kier alpha value is -1.68. The molecule has 1 aliphatic carbocycles. The van der Waals surface area contributed by atoms with Gasteiger partial charge in [0.25, 0.3) is 0 Å². The zero-order valence-electron chi connectivity index (χ0n) is 10.8. The van der Waals surface area contributed by atoms with E-state index in [4.69, 9.17) is 4.52 Å². The molecule has 19 heavy (non-hydrogen) atoms. The van der Waals surface area contributed by atoms with Gasteiger partial charge in [0, 0.05) is 0 Å². The Bertz CT molecular complexity index is 568. The highest BCUT2D eigenvalue weighted by Crippen LogP contribution is 2.52. The molecule has 1 aliphatic heterocycles. The molecule has 4 heteroatoms. The lowest BCUT2D eigenvalue weighted by Gasteiger charge is -2.10. The molecule has 2 heterocycles. The fourth-order valence-electron chi connectivity index (χ4n) is 2.99. The average Bonchev–Trinajstić information content (AvgIpc) is 2.92. The van der Waals surface area contributed by atoms with Gasteiger partial charge in [0.15, 0.2) is 5.82 Å². The molecule has 2 aliphatic rings. The van der Waals surface area contributed by atoms with Crippen molar-refractivity contribution in [2.24, 2.45) is 0 Å². The second-order valence-electron chi connectivity index (χ2n) is 5.55. The summed E-state index contributed by atoms with van der Waals surface area (Å²) in [6, 6.07) is 10.8. The molecule has 1 N–H and O–H groups in total. The van der Waals surface area contributed by atoms with Crippen molar-refractivity contribution in [3.63, 3.8) is 0 Å². The Kier molecular flexibility index (Phi) is 2.45. The normalized spacial score (nSPS) is 24.5. The molecule has 0 bridgehead atoms. The number of nitrogens with zero attached hydrogens (tertiary/aromatic N) is 2. The van der Waals surface area contributed by atoms with Gasteiger partial charge in [-0.1, -0.05) is 35.5 Å². The minimum atomic E-state index is 0.0155. The summed E-state index contributed by atoms with van der Waals surface area (Å²) in [5.74, 6) is 1.62. The first kappa shape index (κ1) is 11.2. The highest BCUT2D eigenvalue weighted by Gasteiger charge is 2.50. The third-order valence-electron chi connectivity index (χ3n) is 4.30. The minimum absolute atomic E-state index is 0.0155. The van der Waals surface area contributed by atoms with Crippen LogP contribution in [0.5, 0.6) is 0 Å². The zero-order valence-corrected chi connectivity index (χ0v) is 10.8. The molecule has 1 aromatic heterocycles. The van der Waals surface area contributed by atoms with Crippen LogP contribution in [0.3, 0.4) is 0 Å². The van der Waals surface area contributed by atoms with Gasteiger partial charge in [0.05, 0.1) is 11.5 Å². The van der Waals surface area contributed by atoms with Gasteiger partial charge in [-0.3, -0.25) is 0 Å². The third-order valence-corrected chi connectivity index (χ3v) is 4.30. The Morgan fingerprint density at radius 1 is 1.21 bits per heavy atom. The standard InChI is InChI=1S/C15H17N3O/c1-2-5-11(6-3-1)15(8-9-15)14-17-13(19-18-14)12-7-4-10-16-12/h1-3,5-6,12,16H,4,7-10H2/t12-/m1/s1. The molecule has 4 nitrogen and oxygen atoms in total. The monoisotopic (exact) mass is 255 g/mol. The molecule has 1 saturated heterocycles. The summed E-state index contributed by atoms with van der Waals surface area (Å²) in [5, 5.41) is 7.65. The Labute approximate surface area is 112 Å². The van der Waals surface area contributed by atoms with Crippen LogP contribution in [0.15, 0.2) is 34.9 Å². The summed E-state index contributed by atoms with van der Waals surface area (Å²) < 4.78 is 5.47. The number of hydrogen-bond acceptors (Lipinski definition) is 4. The number of benzene rings is 1. The first-order valence-electron chi connectivity index (χ1n) is 7.01. The van der Waals surface area contributed by atoms with Gasteiger partial charge in [0.2, 0.25) is 5.89 Å². The number of rotatable bonds is 3. The largest absolute Gasteiger partial charge is 0.338 e. The first-order valence-corrected chi connectivity index (χ1v) is 7.01. The molecule has 2 aromatic rings. The SMILES string of the molecule is c1ccc(C2(c3noc([C@H]4CCCN4)n3)CC2)cc1. The van der Waals surface area contributed by atoms with E-state index in [2.05, 4.69) is 39.7 Å². The van der Waals surface area contributed by atoms with Crippen molar-refractivity contribution in [1.29, 1.82) is 0 Å². The smallest absolute Gasteiger partial charge is 0.243 e. The van der Waals surface area contributed by atoms with Crippen molar-refractivity contribution in [2.45, 2.75) is 37.1 Å². The van der Waals surface area contributed by atoms with Crippen molar-refractivity contribution in [3.05, 3.63) is 47.6 Å². The summed E-state index contributed by atoms with van der Waals surface area (Å²) in [5.41, 5.74) is 1.32. The highest BCUT2D eigenvalue weighted by atomic mass is 16.5. The molecule has 0 spiro atoms. The van der Waals surface area contributed by atoms with Gasteiger partial charge in [0.1, 0.15) is 0 Å². The third kappa shape index (κ3) is 1.78. The molecular formula is C15H17N3O. The fourth-order valence-corrected chi connectivity index (χ4v) is 2.99. The second-order valence-corrected chi connectivity index (χ2v) is 5.55. The molecule has 0 radical (unpaired) electrons. The van der Waals surface area contributed by atoms with Gasteiger partial charge in [-0.2, -0.15) is 4.98 Å². The van der Waals surface area contributed by atoms with E-state index in [9.17, 15) is 0 Å². The van der Waals surface area contributed by atoms with E-state index < -0.39 is 0 Å². The Morgan fingerprint density at radius 2 is 2.05 bits per heavy atom. The quantitative estimate of drug-likeness (QED) is 0.915. The van der Waals surface area contributed by atoms with Crippen LogP contribution in [0.1, 0.15) is 49.0 Å². The van der Waals surface area contributed by atoms with Crippen molar-refractivity contribution in [3.8, 4) is 0 Å². The maximum Gasteiger partial charge on any atom is 0.243 e.